The molecule has 0 spiro atoms. The first-order valence-electron chi connectivity index (χ1n) is 6.24. The second-order valence-electron chi connectivity index (χ2n) is 4.55. The van der Waals surface area contributed by atoms with Gasteiger partial charge in [-0.05, 0) is 47.7 Å². The zero-order valence-electron chi connectivity index (χ0n) is 10.7. The molecule has 102 valence electrons. The Balaban J connectivity index is 1.86. The molecular weight excluding hydrogens is 328 g/mol. The summed E-state index contributed by atoms with van der Waals surface area (Å²) in [4.78, 5) is 8.24. The Labute approximate surface area is 134 Å². The van der Waals surface area contributed by atoms with E-state index >= 15 is 0 Å². The predicted octanol–water partition coefficient (Wildman–Crippen LogP) is 4.96. The minimum Gasteiger partial charge on any atom is -0.316 e. The zero-order valence-corrected chi connectivity index (χ0v) is 13.9. The summed E-state index contributed by atoms with van der Waals surface area (Å²) in [6, 6.07) is 8.35. The van der Waals surface area contributed by atoms with Gasteiger partial charge in [-0.2, -0.15) is 0 Å². The average molecular weight is 339 g/mol. The lowest BCUT2D eigenvalue weighted by molar-refractivity contribution is 0.651. The molecule has 0 amide bonds. The predicted molar refractivity (Wildman–Crippen MR) is 93.9 cm³/mol. The summed E-state index contributed by atoms with van der Waals surface area (Å²) in [7, 11) is 0. The van der Waals surface area contributed by atoms with Crippen molar-refractivity contribution in [3.63, 3.8) is 0 Å². The molecule has 2 aliphatic rings. The topological polar surface area (TPSA) is 15.6 Å². The molecule has 1 aromatic heterocycles. The van der Waals surface area contributed by atoms with Gasteiger partial charge in [0.2, 0.25) is 0 Å². The van der Waals surface area contributed by atoms with E-state index in [1.165, 1.54) is 24.9 Å². The molecule has 0 radical (unpaired) electrons. The van der Waals surface area contributed by atoms with Gasteiger partial charge >= 0.3 is 0 Å². The molecule has 0 bridgehead atoms. The van der Waals surface area contributed by atoms with Crippen molar-refractivity contribution in [2.24, 2.45) is 4.99 Å². The number of benzene rings is 1. The van der Waals surface area contributed by atoms with Crippen molar-refractivity contribution >= 4 is 67.4 Å². The van der Waals surface area contributed by atoms with Gasteiger partial charge in [0.05, 0.1) is 21.4 Å². The summed E-state index contributed by atoms with van der Waals surface area (Å²) < 4.78 is 2.63. The lowest BCUT2D eigenvalue weighted by atomic mass is 10.2. The Bertz CT molecular complexity index is 763. The number of amidine groups is 1. The second kappa shape index (κ2) is 4.98. The third-order valence-electron chi connectivity index (χ3n) is 3.35. The summed E-state index contributed by atoms with van der Waals surface area (Å²) in [6.07, 6.45) is 2.13. The summed E-state index contributed by atoms with van der Waals surface area (Å²) in [5, 5.41) is 3.17. The van der Waals surface area contributed by atoms with Crippen LogP contribution in [0.4, 0.5) is 0 Å². The van der Waals surface area contributed by atoms with Crippen molar-refractivity contribution in [3.8, 4) is 0 Å². The summed E-state index contributed by atoms with van der Waals surface area (Å²) in [5.41, 5.74) is 1.33. The van der Waals surface area contributed by atoms with E-state index in [2.05, 4.69) is 28.3 Å². The number of thiophene rings is 1. The average Bonchev–Trinajstić information content (AvgIpc) is 3.09. The molecular formula is C14H11ClN2S3. The van der Waals surface area contributed by atoms with Crippen LogP contribution in [-0.4, -0.2) is 29.4 Å². The van der Waals surface area contributed by atoms with Crippen LogP contribution < -0.4 is 0 Å². The fraction of sp³-hybridized carbons (Fsp3) is 0.214. The molecule has 0 atom stereocenters. The van der Waals surface area contributed by atoms with Gasteiger partial charge in [0.1, 0.15) is 0 Å². The van der Waals surface area contributed by atoms with Gasteiger partial charge in [-0.25, -0.2) is 0 Å². The maximum Gasteiger partial charge on any atom is 0.169 e. The van der Waals surface area contributed by atoms with Crippen molar-refractivity contribution in [1.82, 2.24) is 4.90 Å². The van der Waals surface area contributed by atoms with Gasteiger partial charge in [0.15, 0.2) is 5.17 Å². The Morgan fingerprint density at radius 1 is 1.35 bits per heavy atom. The number of rotatable bonds is 2. The summed E-state index contributed by atoms with van der Waals surface area (Å²) in [5.74, 6) is 0. The van der Waals surface area contributed by atoms with E-state index in [-0.39, 0.29) is 0 Å². The van der Waals surface area contributed by atoms with Gasteiger partial charge < -0.3 is 4.90 Å². The Hall–Kier alpha value is -0.620. The third kappa shape index (κ3) is 1.99. The largest absolute Gasteiger partial charge is 0.316 e. The first-order chi connectivity index (χ1) is 9.76. The van der Waals surface area contributed by atoms with E-state index in [0.29, 0.717) is 0 Å². The van der Waals surface area contributed by atoms with Crippen LogP contribution in [-0.2, 0) is 0 Å². The molecule has 20 heavy (non-hydrogen) atoms. The first kappa shape index (κ1) is 13.1. The van der Waals surface area contributed by atoms with Crippen LogP contribution >= 0.6 is 46.5 Å². The van der Waals surface area contributed by atoms with Gasteiger partial charge in [-0.3, -0.25) is 4.99 Å². The molecule has 2 nitrogen and oxygen atoms in total. The second-order valence-corrected chi connectivity index (χ2v) is 8.12. The number of hydrogen-bond donors (Lipinski definition) is 0. The molecule has 3 heterocycles. The van der Waals surface area contributed by atoms with Crippen molar-refractivity contribution in [1.29, 1.82) is 0 Å². The van der Waals surface area contributed by atoms with E-state index in [1.807, 2.05) is 23.5 Å². The van der Waals surface area contributed by atoms with Crippen molar-refractivity contribution in [2.75, 3.05) is 19.3 Å². The molecule has 1 aromatic carbocycles. The highest BCUT2D eigenvalue weighted by Gasteiger charge is 2.33. The number of fused-ring (bicyclic) bond motifs is 2. The number of thioether (sulfide) groups is 2. The SMILES string of the molecule is CSC1=C(c2cc3cc(Cl)ccc3s2)N2CCN=C2S1. The molecule has 0 fully saturated rings. The minimum absolute atomic E-state index is 0.796. The standard InChI is InChI=1S/C14H11ClN2S3/c1-18-13-12(17-5-4-16-14(17)20-13)11-7-8-6-9(15)2-3-10(8)19-11/h2-3,6-7H,4-5H2,1H3. The van der Waals surface area contributed by atoms with Crippen LogP contribution in [0.15, 0.2) is 33.5 Å². The van der Waals surface area contributed by atoms with E-state index < -0.39 is 0 Å². The summed E-state index contributed by atoms with van der Waals surface area (Å²) in [6.45, 7) is 1.90. The maximum absolute atomic E-state index is 6.09. The van der Waals surface area contributed by atoms with Crippen molar-refractivity contribution in [3.05, 3.63) is 38.4 Å². The fourth-order valence-electron chi connectivity index (χ4n) is 2.47. The van der Waals surface area contributed by atoms with Crippen molar-refractivity contribution < 1.29 is 0 Å². The van der Waals surface area contributed by atoms with Crippen LogP contribution in [0.25, 0.3) is 15.8 Å². The molecule has 2 aromatic rings. The first-order valence-corrected chi connectivity index (χ1v) is 9.47. The van der Waals surface area contributed by atoms with Gasteiger partial charge in [0.25, 0.3) is 0 Å². The molecule has 0 aliphatic carbocycles. The van der Waals surface area contributed by atoms with Gasteiger partial charge in [0, 0.05) is 16.3 Å². The van der Waals surface area contributed by atoms with Crippen molar-refractivity contribution in [2.45, 2.75) is 0 Å². The highest BCUT2D eigenvalue weighted by Crippen LogP contribution is 2.48. The van der Waals surface area contributed by atoms with E-state index in [0.717, 1.165) is 23.3 Å². The highest BCUT2D eigenvalue weighted by atomic mass is 35.5. The number of halogens is 1. The highest BCUT2D eigenvalue weighted by molar-refractivity contribution is 8.30. The van der Waals surface area contributed by atoms with E-state index in [4.69, 9.17) is 11.6 Å². The molecule has 6 heteroatoms. The van der Waals surface area contributed by atoms with Crippen LogP contribution in [0.3, 0.4) is 0 Å². The van der Waals surface area contributed by atoms with Gasteiger partial charge in [-0.1, -0.05) is 11.6 Å². The number of hydrogen-bond acceptors (Lipinski definition) is 5. The Morgan fingerprint density at radius 2 is 2.25 bits per heavy atom. The van der Waals surface area contributed by atoms with Crippen LogP contribution in [0, 0.1) is 0 Å². The quantitative estimate of drug-likeness (QED) is 0.769. The lowest BCUT2D eigenvalue weighted by Gasteiger charge is -2.15. The molecule has 0 unspecified atom stereocenters. The smallest absolute Gasteiger partial charge is 0.169 e. The van der Waals surface area contributed by atoms with Crippen LogP contribution in [0.2, 0.25) is 5.02 Å². The molecule has 4 rings (SSSR count). The van der Waals surface area contributed by atoms with E-state index in [9.17, 15) is 0 Å². The van der Waals surface area contributed by atoms with Crippen LogP contribution in [0.5, 0.6) is 0 Å². The zero-order chi connectivity index (χ0) is 13.7. The molecule has 2 aliphatic heterocycles. The number of aliphatic imine (C=N–C) groups is 1. The fourth-order valence-corrected chi connectivity index (χ4v) is 5.78. The summed E-state index contributed by atoms with van der Waals surface area (Å²) >= 11 is 11.5. The lowest BCUT2D eigenvalue weighted by Crippen LogP contribution is -2.19. The molecule has 0 saturated carbocycles. The normalized spacial score (nSPS) is 18.1. The molecule has 0 N–H and O–H groups in total. The maximum atomic E-state index is 6.09. The Kier molecular flexibility index (Phi) is 3.26. The van der Waals surface area contributed by atoms with E-state index in [1.54, 1.807) is 23.5 Å². The third-order valence-corrected chi connectivity index (χ3v) is 6.93. The minimum atomic E-state index is 0.796. The number of nitrogens with zero attached hydrogens (tertiary/aromatic N) is 2. The molecule has 0 saturated heterocycles. The monoisotopic (exact) mass is 338 g/mol. The van der Waals surface area contributed by atoms with Gasteiger partial charge in [-0.15, -0.1) is 23.1 Å². The Morgan fingerprint density at radius 3 is 3.10 bits per heavy atom. The van der Waals surface area contributed by atoms with Crippen LogP contribution in [0.1, 0.15) is 4.88 Å².